The first kappa shape index (κ1) is 16.5. The van der Waals surface area contributed by atoms with Gasteiger partial charge in [0.15, 0.2) is 0 Å². The lowest BCUT2D eigenvalue weighted by atomic mass is 10.1. The van der Waals surface area contributed by atoms with Gasteiger partial charge in [-0.1, -0.05) is 6.07 Å². The van der Waals surface area contributed by atoms with Crippen molar-refractivity contribution in [3.8, 4) is 0 Å². The van der Waals surface area contributed by atoms with Gasteiger partial charge in [0.2, 0.25) is 0 Å². The van der Waals surface area contributed by atoms with Gasteiger partial charge in [-0.2, -0.15) is 13.2 Å². The molecular formula is C12H13ClF3NO3S. The highest BCUT2D eigenvalue weighted by Gasteiger charge is 2.35. The Morgan fingerprint density at radius 1 is 1.24 bits per heavy atom. The van der Waals surface area contributed by atoms with Crippen LogP contribution in [0.4, 0.5) is 13.2 Å². The number of halogens is 4. The normalized spacial score (nSPS) is 17.9. The van der Waals surface area contributed by atoms with E-state index < -0.39 is 25.7 Å². The Labute approximate surface area is 124 Å². The highest BCUT2D eigenvalue weighted by molar-refractivity contribution is 8.13. The minimum atomic E-state index is -4.64. The van der Waals surface area contributed by atoms with E-state index in [-0.39, 0.29) is 12.1 Å². The van der Waals surface area contributed by atoms with Gasteiger partial charge in [-0.15, -0.1) is 0 Å². The van der Waals surface area contributed by atoms with E-state index in [0.29, 0.717) is 32.4 Å². The van der Waals surface area contributed by atoms with Crippen LogP contribution < -0.4 is 0 Å². The maximum Gasteiger partial charge on any atom is 0.416 e. The average molecular weight is 344 g/mol. The Morgan fingerprint density at radius 3 is 2.38 bits per heavy atom. The first-order valence-corrected chi connectivity index (χ1v) is 8.44. The van der Waals surface area contributed by atoms with Gasteiger partial charge in [0.1, 0.15) is 0 Å². The maximum absolute atomic E-state index is 13.1. The molecule has 1 aliphatic rings. The maximum atomic E-state index is 13.1. The monoisotopic (exact) mass is 343 g/mol. The Bertz CT molecular complexity index is 613. The molecule has 0 saturated carbocycles. The van der Waals surface area contributed by atoms with E-state index in [1.165, 1.54) is 0 Å². The Morgan fingerprint density at radius 2 is 1.86 bits per heavy atom. The number of hydrogen-bond donors (Lipinski definition) is 0. The molecule has 2 rings (SSSR count). The van der Waals surface area contributed by atoms with Crippen LogP contribution in [0, 0.1) is 0 Å². The first-order valence-electron chi connectivity index (χ1n) is 6.13. The van der Waals surface area contributed by atoms with Crippen LogP contribution in [0.15, 0.2) is 23.1 Å². The molecule has 0 aromatic heterocycles. The highest BCUT2D eigenvalue weighted by atomic mass is 35.7. The molecule has 1 heterocycles. The summed E-state index contributed by atoms with van der Waals surface area (Å²) < 4.78 is 66.8. The van der Waals surface area contributed by atoms with E-state index >= 15 is 0 Å². The van der Waals surface area contributed by atoms with Gasteiger partial charge in [0, 0.05) is 30.3 Å². The summed E-state index contributed by atoms with van der Waals surface area (Å²) >= 11 is 0. The van der Waals surface area contributed by atoms with Crippen molar-refractivity contribution in [3.63, 3.8) is 0 Å². The number of benzene rings is 1. The molecule has 1 fully saturated rings. The van der Waals surface area contributed by atoms with Crippen molar-refractivity contribution in [1.82, 2.24) is 4.90 Å². The third kappa shape index (κ3) is 4.32. The molecule has 1 aromatic carbocycles. The van der Waals surface area contributed by atoms with Gasteiger partial charge < -0.3 is 4.74 Å². The fourth-order valence-corrected chi connectivity index (χ4v) is 2.89. The third-order valence-electron chi connectivity index (χ3n) is 3.17. The first-order chi connectivity index (χ1) is 9.68. The molecule has 0 bridgehead atoms. The van der Waals surface area contributed by atoms with Crippen LogP contribution in [0.25, 0.3) is 0 Å². The van der Waals surface area contributed by atoms with Crippen LogP contribution in [0.3, 0.4) is 0 Å². The van der Waals surface area contributed by atoms with Gasteiger partial charge in [-0.25, -0.2) is 8.42 Å². The molecule has 0 aliphatic carbocycles. The van der Waals surface area contributed by atoms with E-state index in [4.69, 9.17) is 15.4 Å². The zero-order chi connectivity index (χ0) is 15.7. The van der Waals surface area contributed by atoms with E-state index in [9.17, 15) is 21.6 Å². The summed E-state index contributed by atoms with van der Waals surface area (Å²) in [6, 6.07) is 2.83. The lowest BCUT2D eigenvalue weighted by Crippen LogP contribution is -2.36. The van der Waals surface area contributed by atoms with Crippen molar-refractivity contribution in [2.75, 3.05) is 26.3 Å². The molecule has 0 radical (unpaired) electrons. The smallest absolute Gasteiger partial charge is 0.379 e. The van der Waals surface area contributed by atoms with Gasteiger partial charge >= 0.3 is 6.18 Å². The van der Waals surface area contributed by atoms with Crippen molar-refractivity contribution in [2.24, 2.45) is 0 Å². The second-order valence-electron chi connectivity index (χ2n) is 4.64. The Balaban J connectivity index is 2.36. The standard InChI is InChI=1S/C12H13ClF3NO3S/c13-21(18,19)10-2-1-9(11(7-10)12(14,15)16)8-17-3-5-20-6-4-17/h1-2,7H,3-6,8H2. The summed E-state index contributed by atoms with van der Waals surface area (Å²) in [6.07, 6.45) is -4.64. The lowest BCUT2D eigenvalue weighted by Gasteiger charge is -2.27. The SMILES string of the molecule is O=S(=O)(Cl)c1ccc(CN2CCOCC2)c(C(F)(F)F)c1. The summed E-state index contributed by atoms with van der Waals surface area (Å²) in [7, 11) is 0.906. The number of nitrogens with zero attached hydrogens (tertiary/aromatic N) is 1. The molecule has 0 atom stereocenters. The summed E-state index contributed by atoms with van der Waals surface area (Å²) in [5.74, 6) is 0. The zero-order valence-electron chi connectivity index (χ0n) is 10.9. The number of alkyl halides is 3. The number of rotatable bonds is 3. The Hall–Kier alpha value is -0.830. The highest BCUT2D eigenvalue weighted by Crippen LogP contribution is 2.34. The molecule has 0 amide bonds. The summed E-state index contributed by atoms with van der Waals surface area (Å²) in [5, 5.41) is 0. The molecule has 0 spiro atoms. The van der Waals surface area contributed by atoms with E-state index in [1.54, 1.807) is 0 Å². The molecular weight excluding hydrogens is 331 g/mol. The van der Waals surface area contributed by atoms with Gasteiger partial charge in [0.25, 0.3) is 9.05 Å². The van der Waals surface area contributed by atoms with Crippen LogP contribution >= 0.6 is 10.7 Å². The molecule has 0 N–H and O–H groups in total. The van der Waals surface area contributed by atoms with Crippen molar-refractivity contribution in [3.05, 3.63) is 29.3 Å². The predicted octanol–water partition coefficient (Wildman–Crippen LogP) is 2.47. The minimum absolute atomic E-state index is 0.0217. The molecule has 118 valence electrons. The molecule has 1 saturated heterocycles. The zero-order valence-corrected chi connectivity index (χ0v) is 12.4. The van der Waals surface area contributed by atoms with Crippen LogP contribution in [0.1, 0.15) is 11.1 Å². The quantitative estimate of drug-likeness (QED) is 0.791. The average Bonchev–Trinajstić information content (AvgIpc) is 2.38. The van der Waals surface area contributed by atoms with Crippen LogP contribution in [0.2, 0.25) is 0 Å². The second-order valence-corrected chi connectivity index (χ2v) is 7.21. The van der Waals surface area contributed by atoms with Crippen LogP contribution in [-0.4, -0.2) is 39.6 Å². The van der Waals surface area contributed by atoms with E-state index in [0.717, 1.165) is 12.1 Å². The van der Waals surface area contributed by atoms with Crippen molar-refractivity contribution in [1.29, 1.82) is 0 Å². The van der Waals surface area contributed by atoms with Crippen molar-refractivity contribution in [2.45, 2.75) is 17.6 Å². The minimum Gasteiger partial charge on any atom is -0.379 e. The summed E-state index contributed by atoms with van der Waals surface area (Å²) in [4.78, 5) is 1.27. The van der Waals surface area contributed by atoms with Crippen molar-refractivity contribution < 1.29 is 26.3 Å². The summed E-state index contributed by atoms with van der Waals surface area (Å²) in [6.45, 7) is 2.09. The molecule has 1 aromatic rings. The van der Waals surface area contributed by atoms with Gasteiger partial charge in [-0.05, 0) is 17.7 Å². The number of morpholine rings is 1. The van der Waals surface area contributed by atoms with Crippen LogP contribution in [-0.2, 0) is 26.5 Å². The largest absolute Gasteiger partial charge is 0.416 e. The molecule has 0 unspecified atom stereocenters. The number of hydrogen-bond acceptors (Lipinski definition) is 4. The van der Waals surface area contributed by atoms with Crippen LogP contribution in [0.5, 0.6) is 0 Å². The van der Waals surface area contributed by atoms with Gasteiger partial charge in [-0.3, -0.25) is 4.90 Å². The molecule has 1 aliphatic heterocycles. The number of ether oxygens (including phenoxy) is 1. The third-order valence-corrected chi connectivity index (χ3v) is 4.52. The Kier molecular flexibility index (Phi) is 4.82. The molecule has 4 nitrogen and oxygen atoms in total. The van der Waals surface area contributed by atoms with Crippen molar-refractivity contribution >= 4 is 19.7 Å². The molecule has 21 heavy (non-hydrogen) atoms. The predicted molar refractivity (Wildman–Crippen MR) is 70.6 cm³/mol. The summed E-state index contributed by atoms with van der Waals surface area (Å²) in [5.41, 5.74) is -0.954. The van der Waals surface area contributed by atoms with Gasteiger partial charge in [0.05, 0.1) is 23.7 Å². The fourth-order valence-electron chi connectivity index (χ4n) is 2.11. The second kappa shape index (κ2) is 6.12. The molecule has 9 heteroatoms. The van der Waals surface area contributed by atoms with E-state index in [1.807, 2.05) is 4.90 Å². The fraction of sp³-hybridized carbons (Fsp3) is 0.500. The topological polar surface area (TPSA) is 46.6 Å². The van der Waals surface area contributed by atoms with E-state index in [2.05, 4.69) is 0 Å². The lowest BCUT2D eigenvalue weighted by molar-refractivity contribution is -0.138.